The molecule has 0 fully saturated rings. The first-order valence-electron chi connectivity index (χ1n) is 8.18. The van der Waals surface area contributed by atoms with Crippen LogP contribution in [0.25, 0.3) is 17.1 Å². The van der Waals surface area contributed by atoms with Gasteiger partial charge < -0.3 is 4.52 Å². The smallest absolute Gasteiger partial charge is 0.196 e. The summed E-state index contributed by atoms with van der Waals surface area (Å²) >= 11 is 1.57. The summed E-state index contributed by atoms with van der Waals surface area (Å²) in [6.45, 7) is 3.98. The molecule has 3 aromatic heterocycles. The Labute approximate surface area is 155 Å². The van der Waals surface area contributed by atoms with E-state index in [9.17, 15) is 0 Å². The molecule has 0 spiro atoms. The summed E-state index contributed by atoms with van der Waals surface area (Å²) in [5, 5.41) is 13.6. The normalized spacial score (nSPS) is 11.0. The summed E-state index contributed by atoms with van der Waals surface area (Å²) < 4.78 is 7.36. The van der Waals surface area contributed by atoms with Gasteiger partial charge in [-0.2, -0.15) is 0 Å². The first kappa shape index (κ1) is 16.5. The Morgan fingerprint density at radius 3 is 2.46 bits per heavy atom. The molecular weight excluding hydrogens is 346 g/mol. The molecule has 130 valence electrons. The number of hydrogen-bond donors (Lipinski definition) is 0. The first-order chi connectivity index (χ1) is 12.7. The average molecular weight is 363 g/mol. The predicted molar refractivity (Wildman–Crippen MR) is 100 cm³/mol. The molecule has 0 bridgehead atoms. The van der Waals surface area contributed by atoms with Crippen molar-refractivity contribution in [3.8, 4) is 17.1 Å². The highest BCUT2D eigenvalue weighted by Gasteiger charge is 2.17. The predicted octanol–water partition coefficient (Wildman–Crippen LogP) is 4.23. The average Bonchev–Trinajstić information content (AvgIpc) is 3.27. The highest BCUT2D eigenvalue weighted by Crippen LogP contribution is 2.29. The van der Waals surface area contributed by atoms with Crippen molar-refractivity contribution < 1.29 is 4.52 Å². The van der Waals surface area contributed by atoms with Crippen molar-refractivity contribution in [3.63, 3.8) is 0 Å². The van der Waals surface area contributed by atoms with Crippen LogP contribution in [0.4, 0.5) is 0 Å². The van der Waals surface area contributed by atoms with Crippen LogP contribution in [0.1, 0.15) is 17.0 Å². The molecule has 0 aliphatic carbocycles. The molecule has 0 atom stereocenters. The Morgan fingerprint density at radius 2 is 1.77 bits per heavy atom. The van der Waals surface area contributed by atoms with Crippen LogP contribution in [0.2, 0.25) is 0 Å². The molecule has 0 radical (unpaired) electrons. The van der Waals surface area contributed by atoms with Gasteiger partial charge in [0.05, 0.1) is 11.4 Å². The zero-order chi connectivity index (χ0) is 17.9. The molecule has 0 N–H and O–H groups in total. The van der Waals surface area contributed by atoms with Crippen molar-refractivity contribution in [2.24, 2.45) is 0 Å². The van der Waals surface area contributed by atoms with Crippen LogP contribution in [0.15, 0.2) is 64.5 Å². The monoisotopic (exact) mass is 363 g/mol. The maximum atomic E-state index is 5.30. The molecule has 0 aliphatic rings. The van der Waals surface area contributed by atoms with E-state index in [-0.39, 0.29) is 0 Å². The molecule has 4 aromatic rings. The largest absolute Gasteiger partial charge is 0.360 e. The van der Waals surface area contributed by atoms with E-state index in [1.807, 2.05) is 25.1 Å². The number of pyridine rings is 1. The summed E-state index contributed by atoms with van der Waals surface area (Å²) in [7, 11) is 0. The number of hydrogen-bond acceptors (Lipinski definition) is 6. The van der Waals surface area contributed by atoms with Crippen LogP contribution in [-0.2, 0) is 5.75 Å². The third-order valence-electron chi connectivity index (χ3n) is 3.88. The van der Waals surface area contributed by atoms with Gasteiger partial charge in [-0.05, 0) is 38.1 Å². The molecule has 0 saturated heterocycles. The molecule has 0 aliphatic heterocycles. The van der Waals surface area contributed by atoms with Crippen molar-refractivity contribution in [3.05, 3.63) is 71.9 Å². The van der Waals surface area contributed by atoms with Gasteiger partial charge in [-0.25, -0.2) is 0 Å². The molecule has 0 saturated carbocycles. The maximum absolute atomic E-state index is 5.30. The van der Waals surface area contributed by atoms with Gasteiger partial charge >= 0.3 is 0 Å². The third-order valence-corrected chi connectivity index (χ3v) is 4.84. The van der Waals surface area contributed by atoms with E-state index in [0.29, 0.717) is 5.75 Å². The minimum absolute atomic E-state index is 0.640. The second kappa shape index (κ2) is 7.13. The fraction of sp³-hybridized carbons (Fsp3) is 0.158. The molecule has 3 heterocycles. The lowest BCUT2D eigenvalue weighted by molar-refractivity contribution is 0.391. The Morgan fingerprint density at radius 1 is 1.00 bits per heavy atom. The lowest BCUT2D eigenvalue weighted by Crippen LogP contribution is -2.00. The zero-order valence-corrected chi connectivity index (χ0v) is 15.3. The van der Waals surface area contributed by atoms with Crippen molar-refractivity contribution in [1.29, 1.82) is 0 Å². The second-order valence-electron chi connectivity index (χ2n) is 5.94. The summed E-state index contributed by atoms with van der Waals surface area (Å²) in [6.07, 6.45) is 3.52. The van der Waals surface area contributed by atoms with Gasteiger partial charge in [0.1, 0.15) is 5.76 Å². The van der Waals surface area contributed by atoms with Gasteiger partial charge in [-0.1, -0.05) is 34.6 Å². The SMILES string of the molecule is Cc1ccc(-n2c(SCc3cc(C)no3)nnc2-c2ccncc2)cc1. The molecule has 4 rings (SSSR count). The quantitative estimate of drug-likeness (QED) is 0.494. The van der Waals surface area contributed by atoms with Gasteiger partial charge in [-0.3, -0.25) is 9.55 Å². The number of benzene rings is 1. The highest BCUT2D eigenvalue weighted by molar-refractivity contribution is 7.98. The van der Waals surface area contributed by atoms with E-state index in [4.69, 9.17) is 4.52 Å². The molecule has 0 unspecified atom stereocenters. The summed E-state index contributed by atoms with van der Waals surface area (Å²) in [4.78, 5) is 4.09. The summed E-state index contributed by atoms with van der Waals surface area (Å²) in [6, 6.07) is 14.1. The topological polar surface area (TPSA) is 69.6 Å². The van der Waals surface area contributed by atoms with Gasteiger partial charge in [0.2, 0.25) is 0 Å². The molecule has 6 nitrogen and oxygen atoms in total. The van der Waals surface area contributed by atoms with Crippen molar-refractivity contribution in [2.45, 2.75) is 24.8 Å². The summed E-state index contributed by atoms with van der Waals surface area (Å²) in [5.41, 5.74) is 4.07. The Hall–Kier alpha value is -2.93. The summed E-state index contributed by atoms with van der Waals surface area (Å²) in [5.74, 6) is 2.24. The van der Waals surface area contributed by atoms with Crippen molar-refractivity contribution >= 4 is 11.8 Å². The van der Waals surface area contributed by atoms with Crippen LogP contribution >= 0.6 is 11.8 Å². The maximum Gasteiger partial charge on any atom is 0.196 e. The van der Waals surface area contributed by atoms with Crippen LogP contribution in [0, 0.1) is 13.8 Å². The van der Waals surface area contributed by atoms with Crippen LogP contribution in [0.5, 0.6) is 0 Å². The molecule has 7 heteroatoms. The molecular formula is C19H17N5OS. The van der Waals surface area contributed by atoms with Crippen molar-refractivity contribution in [2.75, 3.05) is 0 Å². The van der Waals surface area contributed by atoms with E-state index in [1.54, 1.807) is 24.2 Å². The third kappa shape index (κ3) is 3.39. The minimum atomic E-state index is 0.640. The lowest BCUT2D eigenvalue weighted by Gasteiger charge is -2.10. The fourth-order valence-corrected chi connectivity index (χ4v) is 3.42. The number of aromatic nitrogens is 5. The van der Waals surface area contributed by atoms with Gasteiger partial charge in [0.25, 0.3) is 0 Å². The Bertz CT molecular complexity index is 1010. The van der Waals surface area contributed by atoms with Gasteiger partial charge in [0.15, 0.2) is 11.0 Å². The van der Waals surface area contributed by atoms with E-state index in [0.717, 1.165) is 33.7 Å². The number of nitrogens with zero attached hydrogens (tertiary/aromatic N) is 5. The highest BCUT2D eigenvalue weighted by atomic mass is 32.2. The number of thioether (sulfide) groups is 1. The minimum Gasteiger partial charge on any atom is -0.360 e. The fourth-order valence-electron chi connectivity index (χ4n) is 2.60. The van der Waals surface area contributed by atoms with E-state index in [2.05, 4.69) is 56.1 Å². The first-order valence-corrected chi connectivity index (χ1v) is 9.17. The van der Waals surface area contributed by atoms with Crippen LogP contribution in [0.3, 0.4) is 0 Å². The molecule has 0 amide bonds. The zero-order valence-electron chi connectivity index (χ0n) is 14.5. The molecule has 1 aromatic carbocycles. The van der Waals surface area contributed by atoms with Crippen molar-refractivity contribution in [1.82, 2.24) is 24.9 Å². The molecule has 26 heavy (non-hydrogen) atoms. The number of rotatable bonds is 5. The number of aryl methyl sites for hydroxylation is 2. The van der Waals surface area contributed by atoms with Gasteiger partial charge in [-0.15, -0.1) is 10.2 Å². The van der Waals surface area contributed by atoms with Gasteiger partial charge in [0, 0.05) is 29.7 Å². The standard InChI is InChI=1S/C19H17N5OS/c1-13-3-5-16(6-4-13)24-18(15-7-9-20-10-8-15)21-22-19(24)26-12-17-11-14(2)23-25-17/h3-11H,12H2,1-2H3. The second-order valence-corrected chi connectivity index (χ2v) is 6.88. The lowest BCUT2D eigenvalue weighted by atomic mass is 10.2. The van der Waals surface area contributed by atoms with Crippen LogP contribution in [-0.4, -0.2) is 24.9 Å². The van der Waals surface area contributed by atoms with E-state index < -0.39 is 0 Å². The van der Waals surface area contributed by atoms with Crippen LogP contribution < -0.4 is 0 Å². The van der Waals surface area contributed by atoms with E-state index in [1.165, 1.54) is 5.56 Å². The Balaban J connectivity index is 1.73. The van der Waals surface area contributed by atoms with E-state index >= 15 is 0 Å². The Kier molecular flexibility index (Phi) is 4.53.